The number of rotatable bonds is 4. The highest BCUT2D eigenvalue weighted by molar-refractivity contribution is 5.78. The number of aliphatic hydroxyl groups excluding tert-OH is 1. The Morgan fingerprint density at radius 2 is 2.11 bits per heavy atom. The van der Waals surface area contributed by atoms with Crippen LogP contribution >= 0.6 is 0 Å². The Balaban J connectivity index is 2.38. The molecule has 5 heteroatoms. The molecule has 0 aliphatic heterocycles. The molecule has 0 saturated carbocycles. The summed E-state index contributed by atoms with van der Waals surface area (Å²) in [5, 5.41) is 12.9. The fraction of sp³-hybridized carbons (Fsp3) is 0.385. The van der Waals surface area contributed by atoms with Crippen molar-refractivity contribution in [3.63, 3.8) is 0 Å². The fourth-order valence-electron chi connectivity index (χ4n) is 1.75. The van der Waals surface area contributed by atoms with Gasteiger partial charge in [0.1, 0.15) is 0 Å². The predicted octanol–water partition coefficient (Wildman–Crippen LogP) is 1.35. The molecule has 2 rings (SSSR count). The van der Waals surface area contributed by atoms with Crippen LogP contribution in [0.15, 0.2) is 29.1 Å². The van der Waals surface area contributed by atoms with E-state index in [1.807, 2.05) is 19.9 Å². The standard InChI is InChI=1S/C13H17N3O2/c1-8(2)11(7-17)15-13-14-10-6-4-3-5-9(10)12(18)16-13/h3-6,8,11,17H,7H2,1-2H3,(H2,14,15,16,18)/t11-/m1/s1. The van der Waals surface area contributed by atoms with Gasteiger partial charge in [-0.05, 0) is 18.1 Å². The van der Waals surface area contributed by atoms with E-state index in [1.54, 1.807) is 18.2 Å². The van der Waals surface area contributed by atoms with Gasteiger partial charge in [-0.15, -0.1) is 0 Å². The number of benzene rings is 1. The molecule has 0 bridgehead atoms. The number of nitrogens with zero attached hydrogens (tertiary/aromatic N) is 1. The Kier molecular flexibility index (Phi) is 3.62. The molecule has 0 fully saturated rings. The van der Waals surface area contributed by atoms with E-state index in [2.05, 4.69) is 15.3 Å². The molecule has 1 heterocycles. The van der Waals surface area contributed by atoms with E-state index in [-0.39, 0.29) is 24.1 Å². The Morgan fingerprint density at radius 3 is 2.78 bits per heavy atom. The first-order chi connectivity index (χ1) is 8.61. The lowest BCUT2D eigenvalue weighted by Crippen LogP contribution is -2.31. The largest absolute Gasteiger partial charge is 0.394 e. The van der Waals surface area contributed by atoms with E-state index in [9.17, 15) is 9.90 Å². The number of aliphatic hydroxyl groups is 1. The number of aromatic nitrogens is 2. The Hall–Kier alpha value is -1.88. The molecule has 0 aliphatic carbocycles. The van der Waals surface area contributed by atoms with Gasteiger partial charge in [-0.3, -0.25) is 9.78 Å². The first-order valence-electron chi connectivity index (χ1n) is 5.98. The highest BCUT2D eigenvalue weighted by Gasteiger charge is 2.13. The number of aromatic amines is 1. The maximum absolute atomic E-state index is 11.8. The van der Waals surface area contributed by atoms with E-state index < -0.39 is 0 Å². The van der Waals surface area contributed by atoms with Crippen molar-refractivity contribution in [1.29, 1.82) is 0 Å². The lowest BCUT2D eigenvalue weighted by Gasteiger charge is -2.20. The minimum Gasteiger partial charge on any atom is -0.394 e. The third-order valence-corrected chi connectivity index (χ3v) is 2.94. The van der Waals surface area contributed by atoms with Crippen LogP contribution in [0.4, 0.5) is 5.95 Å². The predicted molar refractivity (Wildman–Crippen MR) is 71.7 cm³/mol. The minimum absolute atomic E-state index is 0.00575. The molecule has 5 nitrogen and oxygen atoms in total. The molecule has 0 saturated heterocycles. The highest BCUT2D eigenvalue weighted by Crippen LogP contribution is 2.11. The summed E-state index contributed by atoms with van der Waals surface area (Å²) in [6.07, 6.45) is 0. The third-order valence-electron chi connectivity index (χ3n) is 2.94. The van der Waals surface area contributed by atoms with E-state index in [4.69, 9.17) is 0 Å². The monoisotopic (exact) mass is 247 g/mol. The minimum atomic E-state index is -0.177. The average Bonchev–Trinajstić information content (AvgIpc) is 2.35. The van der Waals surface area contributed by atoms with E-state index in [0.29, 0.717) is 16.9 Å². The number of nitrogens with one attached hydrogen (secondary N) is 2. The van der Waals surface area contributed by atoms with E-state index in [0.717, 1.165) is 0 Å². The highest BCUT2D eigenvalue weighted by atomic mass is 16.3. The number of H-pyrrole nitrogens is 1. The van der Waals surface area contributed by atoms with Gasteiger partial charge in [-0.25, -0.2) is 4.98 Å². The van der Waals surface area contributed by atoms with Crippen molar-refractivity contribution in [2.45, 2.75) is 19.9 Å². The van der Waals surface area contributed by atoms with Crippen LogP contribution in [0.25, 0.3) is 10.9 Å². The lowest BCUT2D eigenvalue weighted by atomic mass is 10.1. The molecule has 0 unspecified atom stereocenters. The maximum atomic E-state index is 11.8. The van der Waals surface area contributed by atoms with Crippen LogP contribution in [-0.2, 0) is 0 Å². The SMILES string of the molecule is CC(C)[C@@H](CO)Nc1nc2ccccc2c(=O)[nH]1. The molecular formula is C13H17N3O2. The number of anilines is 1. The Morgan fingerprint density at radius 1 is 1.39 bits per heavy atom. The van der Waals surface area contributed by atoms with Crippen LogP contribution in [0.1, 0.15) is 13.8 Å². The van der Waals surface area contributed by atoms with Crippen LogP contribution in [0, 0.1) is 5.92 Å². The molecule has 0 spiro atoms. The van der Waals surface area contributed by atoms with Crippen LogP contribution in [0.5, 0.6) is 0 Å². The summed E-state index contributed by atoms with van der Waals surface area (Å²) in [6, 6.07) is 7.03. The molecule has 2 aromatic rings. The second kappa shape index (κ2) is 5.18. The summed E-state index contributed by atoms with van der Waals surface area (Å²) in [5.41, 5.74) is 0.466. The van der Waals surface area contributed by atoms with Gasteiger partial charge in [0.2, 0.25) is 5.95 Å². The number of hydrogen-bond acceptors (Lipinski definition) is 4. The fourth-order valence-corrected chi connectivity index (χ4v) is 1.75. The number of hydrogen-bond donors (Lipinski definition) is 3. The van der Waals surface area contributed by atoms with Crippen molar-refractivity contribution in [3.05, 3.63) is 34.6 Å². The summed E-state index contributed by atoms with van der Waals surface area (Å²) in [5.74, 6) is 0.637. The summed E-state index contributed by atoms with van der Waals surface area (Å²) in [7, 11) is 0. The first-order valence-corrected chi connectivity index (χ1v) is 5.98. The van der Waals surface area contributed by atoms with E-state index in [1.165, 1.54) is 0 Å². The van der Waals surface area contributed by atoms with Crippen molar-refractivity contribution in [2.75, 3.05) is 11.9 Å². The smallest absolute Gasteiger partial charge is 0.260 e. The zero-order chi connectivity index (χ0) is 13.1. The first kappa shape index (κ1) is 12.6. The van der Waals surface area contributed by atoms with Crippen molar-refractivity contribution >= 4 is 16.9 Å². The third kappa shape index (κ3) is 2.51. The summed E-state index contributed by atoms with van der Waals surface area (Å²) in [6.45, 7) is 3.98. The molecule has 0 amide bonds. The van der Waals surface area contributed by atoms with Gasteiger partial charge in [0, 0.05) is 0 Å². The maximum Gasteiger partial charge on any atom is 0.260 e. The second-order valence-corrected chi connectivity index (χ2v) is 4.61. The van der Waals surface area contributed by atoms with Crippen LogP contribution < -0.4 is 10.9 Å². The summed E-state index contributed by atoms with van der Waals surface area (Å²) < 4.78 is 0. The van der Waals surface area contributed by atoms with Gasteiger partial charge in [-0.2, -0.15) is 0 Å². The quantitative estimate of drug-likeness (QED) is 0.762. The second-order valence-electron chi connectivity index (χ2n) is 4.61. The average molecular weight is 247 g/mol. The Bertz CT molecular complexity index is 592. The van der Waals surface area contributed by atoms with Gasteiger partial charge < -0.3 is 10.4 Å². The summed E-state index contributed by atoms with van der Waals surface area (Å²) >= 11 is 0. The van der Waals surface area contributed by atoms with Crippen LogP contribution in [0.2, 0.25) is 0 Å². The lowest BCUT2D eigenvalue weighted by molar-refractivity contribution is 0.248. The van der Waals surface area contributed by atoms with Gasteiger partial charge in [-0.1, -0.05) is 26.0 Å². The zero-order valence-electron chi connectivity index (χ0n) is 10.5. The molecular weight excluding hydrogens is 230 g/mol. The molecule has 0 aliphatic rings. The van der Waals surface area contributed by atoms with Gasteiger partial charge in [0.15, 0.2) is 0 Å². The van der Waals surface area contributed by atoms with Crippen molar-refractivity contribution < 1.29 is 5.11 Å². The zero-order valence-corrected chi connectivity index (χ0v) is 10.5. The van der Waals surface area contributed by atoms with Crippen molar-refractivity contribution in [1.82, 2.24) is 9.97 Å². The molecule has 18 heavy (non-hydrogen) atoms. The topological polar surface area (TPSA) is 78.0 Å². The molecule has 3 N–H and O–H groups in total. The van der Waals surface area contributed by atoms with Gasteiger partial charge in [0.05, 0.1) is 23.6 Å². The van der Waals surface area contributed by atoms with E-state index >= 15 is 0 Å². The van der Waals surface area contributed by atoms with Crippen molar-refractivity contribution in [3.8, 4) is 0 Å². The van der Waals surface area contributed by atoms with Gasteiger partial charge in [0.25, 0.3) is 5.56 Å². The van der Waals surface area contributed by atoms with Crippen LogP contribution in [-0.4, -0.2) is 27.7 Å². The molecule has 0 radical (unpaired) electrons. The van der Waals surface area contributed by atoms with Crippen LogP contribution in [0.3, 0.4) is 0 Å². The molecule has 96 valence electrons. The summed E-state index contributed by atoms with van der Waals surface area (Å²) in [4.78, 5) is 18.9. The Labute approximate surface area is 105 Å². The molecule has 1 aromatic carbocycles. The number of fused-ring (bicyclic) bond motifs is 1. The molecule has 1 aromatic heterocycles. The molecule has 1 atom stereocenters. The normalized spacial score (nSPS) is 12.9. The van der Waals surface area contributed by atoms with Crippen molar-refractivity contribution in [2.24, 2.45) is 5.92 Å². The number of para-hydroxylation sites is 1. The van der Waals surface area contributed by atoms with Gasteiger partial charge >= 0.3 is 0 Å².